The molecule has 0 aromatic carbocycles. The minimum absolute atomic E-state index is 0.00614. The lowest BCUT2D eigenvalue weighted by molar-refractivity contribution is -0.136. The first-order chi connectivity index (χ1) is 10.2. The maximum atomic E-state index is 11.9. The second-order valence-electron chi connectivity index (χ2n) is 6.61. The first kappa shape index (κ1) is 19.3. The van der Waals surface area contributed by atoms with Crippen molar-refractivity contribution < 1.29 is 23.4 Å². The van der Waals surface area contributed by atoms with Crippen molar-refractivity contribution in [2.75, 3.05) is 18.9 Å². The molecule has 0 heterocycles. The zero-order chi connectivity index (χ0) is 16.8. The summed E-state index contributed by atoms with van der Waals surface area (Å²) in [5.74, 6) is -0.895. The van der Waals surface area contributed by atoms with E-state index in [2.05, 4.69) is 10.0 Å². The van der Waals surface area contributed by atoms with Crippen LogP contribution in [0.5, 0.6) is 0 Å². The van der Waals surface area contributed by atoms with Crippen LogP contribution in [0, 0.1) is 5.41 Å². The molecule has 1 amide bonds. The number of hydrogen-bond donors (Lipinski definition) is 4. The predicted molar refractivity (Wildman–Crippen MR) is 83.7 cm³/mol. The number of aliphatic hydroxyl groups is 2. The molecule has 0 unspecified atom stereocenters. The fraction of sp³-hybridized carbons (Fsp3) is 0.929. The molecule has 0 aromatic heterocycles. The lowest BCUT2D eigenvalue weighted by Crippen LogP contribution is -2.47. The fourth-order valence-corrected chi connectivity index (χ4v) is 3.61. The van der Waals surface area contributed by atoms with Gasteiger partial charge in [0.2, 0.25) is 15.9 Å². The van der Waals surface area contributed by atoms with Crippen LogP contribution in [-0.2, 0) is 14.8 Å². The molecular weight excluding hydrogens is 308 g/mol. The van der Waals surface area contributed by atoms with Crippen LogP contribution in [0.2, 0.25) is 0 Å². The van der Waals surface area contributed by atoms with Crippen molar-refractivity contribution in [1.29, 1.82) is 0 Å². The van der Waals surface area contributed by atoms with Crippen LogP contribution in [0.3, 0.4) is 0 Å². The van der Waals surface area contributed by atoms with Gasteiger partial charge < -0.3 is 15.5 Å². The van der Waals surface area contributed by atoms with Crippen LogP contribution in [0.4, 0.5) is 0 Å². The third kappa shape index (κ3) is 6.20. The molecule has 1 saturated carbocycles. The summed E-state index contributed by atoms with van der Waals surface area (Å²) in [6, 6.07) is -0.00614. The summed E-state index contributed by atoms with van der Waals surface area (Å²) < 4.78 is 26.5. The van der Waals surface area contributed by atoms with Crippen molar-refractivity contribution >= 4 is 15.9 Å². The third-order valence-electron chi connectivity index (χ3n) is 4.02. The van der Waals surface area contributed by atoms with Crippen LogP contribution in [-0.4, -0.2) is 55.6 Å². The highest BCUT2D eigenvalue weighted by Gasteiger charge is 2.33. The molecule has 4 N–H and O–H groups in total. The van der Waals surface area contributed by atoms with Gasteiger partial charge in [0.05, 0.1) is 12.4 Å². The molecular formula is C14H28N2O5S. The third-order valence-corrected chi connectivity index (χ3v) is 5.45. The van der Waals surface area contributed by atoms with E-state index in [4.69, 9.17) is 5.11 Å². The average Bonchev–Trinajstić information content (AvgIpc) is 2.46. The molecule has 1 rings (SSSR count). The summed E-state index contributed by atoms with van der Waals surface area (Å²) in [7, 11) is -3.44. The van der Waals surface area contributed by atoms with Gasteiger partial charge in [0.1, 0.15) is 6.10 Å². The number of carbonyl (C=O) groups is 1. The van der Waals surface area contributed by atoms with Crippen molar-refractivity contribution in [3.05, 3.63) is 0 Å². The number of nitrogens with one attached hydrogen (secondary N) is 2. The second kappa shape index (κ2) is 8.24. The predicted octanol–water partition coefficient (Wildman–Crippen LogP) is -0.266. The van der Waals surface area contributed by atoms with Crippen LogP contribution < -0.4 is 10.0 Å². The first-order valence-corrected chi connectivity index (χ1v) is 9.40. The molecule has 0 bridgehead atoms. The molecule has 0 saturated heterocycles. The van der Waals surface area contributed by atoms with Crippen molar-refractivity contribution in [3.63, 3.8) is 0 Å². The molecule has 1 fully saturated rings. The SMILES string of the molecule is CC(C)(CO)[C@H](O)C(=O)NCCS(=O)(=O)NC1CCCCC1. The zero-order valence-electron chi connectivity index (χ0n) is 13.3. The Balaban J connectivity index is 2.37. The van der Waals surface area contributed by atoms with E-state index in [1.807, 2.05) is 0 Å². The van der Waals surface area contributed by atoms with E-state index < -0.39 is 27.4 Å². The van der Waals surface area contributed by atoms with Crippen LogP contribution in [0.15, 0.2) is 0 Å². The Morgan fingerprint density at radius 3 is 2.41 bits per heavy atom. The molecule has 130 valence electrons. The fourth-order valence-electron chi connectivity index (χ4n) is 2.38. The maximum absolute atomic E-state index is 11.9. The summed E-state index contributed by atoms with van der Waals surface area (Å²) in [4.78, 5) is 11.7. The number of rotatable bonds is 8. The van der Waals surface area contributed by atoms with Crippen molar-refractivity contribution in [2.24, 2.45) is 5.41 Å². The largest absolute Gasteiger partial charge is 0.396 e. The van der Waals surface area contributed by atoms with Gasteiger partial charge in [-0.15, -0.1) is 0 Å². The Hall–Kier alpha value is -0.700. The number of hydrogen-bond acceptors (Lipinski definition) is 5. The number of amides is 1. The molecule has 0 aliphatic heterocycles. The Labute approximate surface area is 132 Å². The van der Waals surface area contributed by atoms with Crippen molar-refractivity contribution in [2.45, 2.75) is 58.1 Å². The molecule has 1 aliphatic rings. The molecule has 22 heavy (non-hydrogen) atoms. The van der Waals surface area contributed by atoms with E-state index in [9.17, 15) is 18.3 Å². The van der Waals surface area contributed by atoms with Gasteiger partial charge in [0.15, 0.2) is 0 Å². The van der Waals surface area contributed by atoms with Crippen molar-refractivity contribution in [1.82, 2.24) is 10.0 Å². The lowest BCUT2D eigenvalue weighted by atomic mass is 9.87. The minimum Gasteiger partial charge on any atom is -0.396 e. The standard InChI is InChI=1S/C14H28N2O5S/c1-14(2,10-17)12(18)13(19)15-8-9-22(20,21)16-11-6-4-3-5-7-11/h11-12,16-18H,3-10H2,1-2H3,(H,15,19)/t12-/m1/s1. The Bertz CT molecular complexity index is 458. The molecule has 1 atom stereocenters. The highest BCUT2D eigenvalue weighted by Crippen LogP contribution is 2.19. The highest BCUT2D eigenvalue weighted by atomic mass is 32.2. The van der Waals surface area contributed by atoms with Gasteiger partial charge in [0, 0.05) is 18.0 Å². The minimum atomic E-state index is -3.44. The number of sulfonamides is 1. The van der Waals surface area contributed by atoms with Gasteiger partial charge in [-0.1, -0.05) is 33.1 Å². The second-order valence-corrected chi connectivity index (χ2v) is 8.49. The van der Waals surface area contributed by atoms with Crippen molar-refractivity contribution in [3.8, 4) is 0 Å². The van der Waals surface area contributed by atoms with E-state index in [-0.39, 0.29) is 24.9 Å². The smallest absolute Gasteiger partial charge is 0.249 e. The topological polar surface area (TPSA) is 116 Å². The quantitative estimate of drug-likeness (QED) is 0.487. The normalized spacial score (nSPS) is 18.9. The number of carbonyl (C=O) groups excluding carboxylic acids is 1. The molecule has 0 aromatic rings. The van der Waals surface area contributed by atoms with E-state index in [0.717, 1.165) is 32.1 Å². The first-order valence-electron chi connectivity index (χ1n) is 7.74. The number of aliphatic hydroxyl groups excluding tert-OH is 2. The highest BCUT2D eigenvalue weighted by molar-refractivity contribution is 7.89. The van der Waals surface area contributed by atoms with Gasteiger partial charge >= 0.3 is 0 Å². The molecule has 8 heteroatoms. The van der Waals surface area contributed by atoms with Crippen LogP contribution in [0.25, 0.3) is 0 Å². The molecule has 0 spiro atoms. The van der Waals surface area contributed by atoms with Gasteiger partial charge in [-0.05, 0) is 12.8 Å². The zero-order valence-corrected chi connectivity index (χ0v) is 14.2. The van der Waals surface area contributed by atoms with E-state index >= 15 is 0 Å². The molecule has 7 nitrogen and oxygen atoms in total. The Morgan fingerprint density at radius 1 is 1.27 bits per heavy atom. The summed E-state index contributed by atoms with van der Waals surface area (Å²) in [5.41, 5.74) is -0.969. The Kier molecular flexibility index (Phi) is 7.24. The molecule has 1 aliphatic carbocycles. The van der Waals surface area contributed by atoms with E-state index in [1.54, 1.807) is 13.8 Å². The van der Waals surface area contributed by atoms with Gasteiger partial charge in [-0.3, -0.25) is 4.79 Å². The Morgan fingerprint density at radius 2 is 1.86 bits per heavy atom. The van der Waals surface area contributed by atoms with Gasteiger partial charge in [0.25, 0.3) is 0 Å². The van der Waals surface area contributed by atoms with E-state index in [0.29, 0.717) is 0 Å². The average molecular weight is 336 g/mol. The molecule has 0 radical (unpaired) electrons. The summed E-state index contributed by atoms with van der Waals surface area (Å²) in [6.45, 7) is 2.69. The van der Waals surface area contributed by atoms with Crippen LogP contribution in [0.1, 0.15) is 46.0 Å². The lowest BCUT2D eigenvalue weighted by Gasteiger charge is -2.27. The van der Waals surface area contributed by atoms with Crippen LogP contribution >= 0.6 is 0 Å². The monoisotopic (exact) mass is 336 g/mol. The summed E-state index contributed by atoms with van der Waals surface area (Å²) in [5, 5.41) is 21.3. The summed E-state index contributed by atoms with van der Waals surface area (Å²) in [6.07, 6.45) is 3.54. The summed E-state index contributed by atoms with van der Waals surface area (Å²) >= 11 is 0. The van der Waals surface area contributed by atoms with Gasteiger partial charge in [-0.25, -0.2) is 13.1 Å². The van der Waals surface area contributed by atoms with E-state index in [1.165, 1.54) is 0 Å². The maximum Gasteiger partial charge on any atom is 0.249 e. The van der Waals surface area contributed by atoms with Gasteiger partial charge in [-0.2, -0.15) is 0 Å².